The van der Waals surface area contributed by atoms with E-state index in [1.165, 1.54) is 5.69 Å². The monoisotopic (exact) mass is 323 g/mol. The molecule has 2 aliphatic heterocycles. The van der Waals surface area contributed by atoms with Crippen molar-refractivity contribution >= 4 is 15.9 Å². The topological polar surface area (TPSA) is 43.9 Å². The predicted molar refractivity (Wildman–Crippen MR) is 89.1 cm³/mol. The molecule has 122 valence electrons. The van der Waals surface area contributed by atoms with Gasteiger partial charge in [0, 0.05) is 45.0 Å². The molecule has 1 atom stereocenters. The fourth-order valence-electron chi connectivity index (χ4n) is 3.33. The summed E-state index contributed by atoms with van der Waals surface area (Å²) in [5, 5.41) is 0. The van der Waals surface area contributed by atoms with E-state index in [4.69, 9.17) is 0 Å². The third kappa shape index (κ3) is 3.29. The van der Waals surface area contributed by atoms with Crippen LogP contribution in [0, 0.1) is 5.92 Å². The summed E-state index contributed by atoms with van der Waals surface area (Å²) in [6, 6.07) is 10.2. The first-order valence-corrected chi connectivity index (χ1v) is 9.52. The van der Waals surface area contributed by atoms with Gasteiger partial charge in [-0.3, -0.25) is 0 Å². The Morgan fingerprint density at radius 3 is 2.27 bits per heavy atom. The smallest absolute Gasteiger partial charge is 0.282 e. The third-order valence-electron chi connectivity index (χ3n) is 4.63. The van der Waals surface area contributed by atoms with Crippen molar-refractivity contribution in [3.63, 3.8) is 0 Å². The molecule has 0 radical (unpaired) electrons. The maximum Gasteiger partial charge on any atom is 0.282 e. The quantitative estimate of drug-likeness (QED) is 0.852. The summed E-state index contributed by atoms with van der Waals surface area (Å²) in [4.78, 5) is 2.25. The first-order chi connectivity index (χ1) is 10.6. The van der Waals surface area contributed by atoms with E-state index in [9.17, 15) is 8.42 Å². The second kappa shape index (κ2) is 6.56. The zero-order valence-electron chi connectivity index (χ0n) is 13.2. The Morgan fingerprint density at radius 1 is 0.955 bits per heavy atom. The molecule has 2 fully saturated rings. The number of para-hydroxylation sites is 1. The molecule has 0 spiro atoms. The molecule has 0 N–H and O–H groups in total. The summed E-state index contributed by atoms with van der Waals surface area (Å²) in [5.74, 6) is 0.467. The third-order valence-corrected chi connectivity index (χ3v) is 6.63. The van der Waals surface area contributed by atoms with Crippen molar-refractivity contribution < 1.29 is 8.42 Å². The van der Waals surface area contributed by atoms with Gasteiger partial charge >= 0.3 is 0 Å². The summed E-state index contributed by atoms with van der Waals surface area (Å²) >= 11 is 0. The predicted octanol–water partition coefficient (Wildman–Crippen LogP) is 1.79. The SMILES string of the molecule is C[C@H]1CCCN(S(=O)(=O)N2CCN(c3ccccc3)CC2)C1. The number of hydrogen-bond donors (Lipinski definition) is 0. The number of piperidine rings is 1. The molecule has 1 aromatic rings. The van der Waals surface area contributed by atoms with Crippen molar-refractivity contribution in [1.29, 1.82) is 0 Å². The van der Waals surface area contributed by atoms with Gasteiger partial charge < -0.3 is 4.90 Å². The normalized spacial score (nSPS) is 25.3. The van der Waals surface area contributed by atoms with Crippen molar-refractivity contribution in [2.24, 2.45) is 5.92 Å². The Balaban J connectivity index is 1.63. The van der Waals surface area contributed by atoms with Crippen LogP contribution < -0.4 is 4.90 Å². The first kappa shape index (κ1) is 15.8. The molecule has 5 nitrogen and oxygen atoms in total. The van der Waals surface area contributed by atoms with Crippen molar-refractivity contribution in [3.05, 3.63) is 30.3 Å². The van der Waals surface area contributed by atoms with Gasteiger partial charge in [-0.2, -0.15) is 17.0 Å². The molecular formula is C16H25N3O2S. The minimum Gasteiger partial charge on any atom is -0.369 e. The van der Waals surface area contributed by atoms with Crippen LogP contribution in [0.4, 0.5) is 5.69 Å². The summed E-state index contributed by atoms with van der Waals surface area (Å²) in [6.07, 6.45) is 2.11. The van der Waals surface area contributed by atoms with Crippen LogP contribution in [0.5, 0.6) is 0 Å². The molecule has 0 saturated carbocycles. The van der Waals surface area contributed by atoms with E-state index in [2.05, 4.69) is 24.0 Å². The lowest BCUT2D eigenvalue weighted by Gasteiger charge is -2.39. The molecule has 2 heterocycles. The standard InChI is InChI=1S/C16H25N3O2S/c1-15-6-5-9-19(14-15)22(20,21)18-12-10-17(11-13-18)16-7-3-2-4-8-16/h2-4,7-8,15H,5-6,9-14H2,1H3/t15-/m0/s1. The van der Waals surface area contributed by atoms with Crippen LogP contribution in [0.1, 0.15) is 19.8 Å². The zero-order chi connectivity index (χ0) is 15.6. The lowest BCUT2D eigenvalue weighted by Crippen LogP contribution is -2.54. The van der Waals surface area contributed by atoms with Gasteiger partial charge in [0.25, 0.3) is 10.2 Å². The fourth-order valence-corrected chi connectivity index (χ4v) is 5.09. The number of piperazine rings is 1. The van der Waals surface area contributed by atoms with Gasteiger partial charge in [-0.25, -0.2) is 0 Å². The largest absolute Gasteiger partial charge is 0.369 e. The number of hydrogen-bond acceptors (Lipinski definition) is 3. The van der Waals surface area contributed by atoms with Crippen LogP contribution in [0.3, 0.4) is 0 Å². The van der Waals surface area contributed by atoms with Crippen LogP contribution in [0.15, 0.2) is 30.3 Å². The van der Waals surface area contributed by atoms with E-state index >= 15 is 0 Å². The maximum atomic E-state index is 12.8. The van der Waals surface area contributed by atoms with Crippen LogP contribution in [0.2, 0.25) is 0 Å². The highest BCUT2D eigenvalue weighted by molar-refractivity contribution is 7.86. The molecule has 3 rings (SSSR count). The second-order valence-electron chi connectivity index (χ2n) is 6.33. The lowest BCUT2D eigenvalue weighted by atomic mass is 10.0. The summed E-state index contributed by atoms with van der Waals surface area (Å²) < 4.78 is 28.9. The fraction of sp³-hybridized carbons (Fsp3) is 0.625. The Bertz CT molecular complexity index is 583. The molecule has 22 heavy (non-hydrogen) atoms. The Labute approximate surface area is 133 Å². The number of anilines is 1. The number of nitrogens with zero attached hydrogens (tertiary/aromatic N) is 3. The Kier molecular flexibility index (Phi) is 4.70. The second-order valence-corrected chi connectivity index (χ2v) is 8.26. The number of rotatable bonds is 3. The molecule has 0 aromatic heterocycles. The summed E-state index contributed by atoms with van der Waals surface area (Å²) in [6.45, 7) is 6.13. The molecule has 0 amide bonds. The highest BCUT2D eigenvalue weighted by Crippen LogP contribution is 2.23. The minimum absolute atomic E-state index is 0.467. The van der Waals surface area contributed by atoms with Gasteiger partial charge in [0.15, 0.2) is 0 Å². The van der Waals surface area contributed by atoms with Crippen LogP contribution >= 0.6 is 0 Å². The first-order valence-electron chi connectivity index (χ1n) is 8.12. The van der Waals surface area contributed by atoms with E-state index in [-0.39, 0.29) is 0 Å². The van der Waals surface area contributed by atoms with Crippen LogP contribution in [-0.2, 0) is 10.2 Å². The van der Waals surface area contributed by atoms with Gasteiger partial charge in [-0.15, -0.1) is 0 Å². The van der Waals surface area contributed by atoms with Crippen LogP contribution in [-0.4, -0.2) is 56.3 Å². The molecule has 2 aliphatic rings. The van der Waals surface area contributed by atoms with E-state index in [1.54, 1.807) is 8.61 Å². The Hall–Kier alpha value is -1.11. The highest BCUT2D eigenvalue weighted by Gasteiger charge is 2.34. The summed E-state index contributed by atoms with van der Waals surface area (Å²) in [5.41, 5.74) is 1.17. The van der Waals surface area contributed by atoms with Gasteiger partial charge in [0.2, 0.25) is 0 Å². The molecule has 6 heteroatoms. The average Bonchev–Trinajstić information content (AvgIpc) is 2.56. The molecular weight excluding hydrogens is 298 g/mol. The molecule has 2 saturated heterocycles. The van der Waals surface area contributed by atoms with E-state index in [0.717, 1.165) is 25.9 Å². The van der Waals surface area contributed by atoms with Crippen molar-refractivity contribution in [1.82, 2.24) is 8.61 Å². The van der Waals surface area contributed by atoms with Gasteiger partial charge in [0.05, 0.1) is 0 Å². The molecule has 0 unspecified atom stereocenters. The molecule has 0 bridgehead atoms. The van der Waals surface area contributed by atoms with Gasteiger partial charge in [-0.1, -0.05) is 25.1 Å². The van der Waals surface area contributed by atoms with E-state index < -0.39 is 10.2 Å². The average molecular weight is 323 g/mol. The number of benzene rings is 1. The van der Waals surface area contributed by atoms with Gasteiger partial charge in [-0.05, 0) is 30.9 Å². The van der Waals surface area contributed by atoms with Crippen molar-refractivity contribution in [3.8, 4) is 0 Å². The minimum atomic E-state index is -3.28. The van der Waals surface area contributed by atoms with Crippen molar-refractivity contribution in [2.75, 3.05) is 44.2 Å². The van der Waals surface area contributed by atoms with Gasteiger partial charge in [0.1, 0.15) is 0 Å². The van der Waals surface area contributed by atoms with Crippen LogP contribution in [0.25, 0.3) is 0 Å². The van der Waals surface area contributed by atoms with E-state index in [0.29, 0.717) is 32.1 Å². The highest BCUT2D eigenvalue weighted by atomic mass is 32.2. The molecule has 0 aliphatic carbocycles. The zero-order valence-corrected chi connectivity index (χ0v) is 14.0. The van der Waals surface area contributed by atoms with Crippen molar-refractivity contribution in [2.45, 2.75) is 19.8 Å². The molecule has 1 aromatic carbocycles. The van der Waals surface area contributed by atoms with E-state index in [1.807, 2.05) is 18.2 Å². The maximum absolute atomic E-state index is 12.8. The lowest BCUT2D eigenvalue weighted by molar-refractivity contribution is 0.254. The summed E-state index contributed by atoms with van der Waals surface area (Å²) in [7, 11) is -3.28. The Morgan fingerprint density at radius 2 is 1.64 bits per heavy atom.